The molecule has 3 heterocycles. The van der Waals surface area contributed by atoms with E-state index in [1.165, 1.54) is 21.8 Å². The molecule has 0 bridgehead atoms. The Morgan fingerprint density at radius 2 is 1.97 bits per heavy atom. The zero-order valence-corrected chi connectivity index (χ0v) is 17.0. The molecule has 166 valence electrons. The van der Waals surface area contributed by atoms with Gasteiger partial charge in [-0.05, 0) is 5.56 Å². The highest BCUT2D eigenvalue weighted by Crippen LogP contribution is 2.38. The molecule has 31 heavy (non-hydrogen) atoms. The van der Waals surface area contributed by atoms with Gasteiger partial charge in [-0.15, -0.1) is 0 Å². The van der Waals surface area contributed by atoms with Crippen LogP contribution in [0.5, 0.6) is 0 Å². The van der Waals surface area contributed by atoms with Crippen molar-refractivity contribution in [3.63, 3.8) is 0 Å². The van der Waals surface area contributed by atoms with E-state index in [9.17, 15) is 19.6 Å². The number of aliphatic hydroxyl groups excluding tert-OH is 2. The van der Waals surface area contributed by atoms with Crippen molar-refractivity contribution in [1.82, 2.24) is 19.1 Å². The minimum atomic E-state index is -4.70. The third-order valence-electron chi connectivity index (χ3n) is 5.03. The number of fused-ring (bicyclic) bond motifs is 1. The number of phosphoric acid groups is 1. The molecule has 1 aliphatic heterocycles. The summed E-state index contributed by atoms with van der Waals surface area (Å²) in [4.78, 5) is 38.8. The Hall–Kier alpha value is -2.44. The number of rotatable bonds is 7. The number of aliphatic hydroxyl groups is 2. The van der Waals surface area contributed by atoms with Gasteiger partial charge in [0.1, 0.15) is 18.7 Å². The minimum Gasteiger partial charge on any atom is -0.390 e. The number of benzene rings is 1. The molecular weight excluding hydrogens is 431 g/mol. The van der Waals surface area contributed by atoms with Gasteiger partial charge in [0.15, 0.2) is 11.2 Å². The Kier molecular flexibility index (Phi) is 6.04. The molecule has 0 spiro atoms. The fraction of sp³-hybridized carbons (Fsp3) is 0.389. The minimum absolute atomic E-state index is 0.000915. The van der Waals surface area contributed by atoms with Crippen LogP contribution in [0.25, 0.3) is 11.2 Å². The quantitative estimate of drug-likeness (QED) is 0.360. The van der Waals surface area contributed by atoms with Crippen LogP contribution in [-0.4, -0.2) is 57.9 Å². The molecule has 4 N–H and O–H groups in total. The molecular formula is C18H21N4O8P. The summed E-state index contributed by atoms with van der Waals surface area (Å²) in [5.74, 6) is 0. The van der Waals surface area contributed by atoms with Gasteiger partial charge in [-0.1, -0.05) is 30.3 Å². The molecule has 1 aromatic carbocycles. The fourth-order valence-electron chi connectivity index (χ4n) is 3.46. The average Bonchev–Trinajstić information content (AvgIpc) is 3.32. The molecule has 0 aliphatic carbocycles. The molecule has 2 aromatic heterocycles. The van der Waals surface area contributed by atoms with E-state index >= 15 is 0 Å². The van der Waals surface area contributed by atoms with E-state index in [-0.39, 0.29) is 24.1 Å². The van der Waals surface area contributed by atoms with E-state index in [2.05, 4.69) is 14.5 Å². The molecule has 12 nitrogen and oxygen atoms in total. The number of hydrogen-bond donors (Lipinski definition) is 4. The van der Waals surface area contributed by atoms with Gasteiger partial charge in [0.05, 0.1) is 31.7 Å². The largest absolute Gasteiger partial charge is 0.469 e. The van der Waals surface area contributed by atoms with Gasteiger partial charge < -0.3 is 24.7 Å². The highest BCUT2D eigenvalue weighted by molar-refractivity contribution is 7.46. The number of hydrogen-bond acceptors (Lipinski definition) is 8. The van der Waals surface area contributed by atoms with Crippen LogP contribution in [-0.2, 0) is 20.4 Å². The van der Waals surface area contributed by atoms with Crippen molar-refractivity contribution in [2.75, 3.05) is 6.61 Å². The molecule has 1 saturated heterocycles. The van der Waals surface area contributed by atoms with Crippen molar-refractivity contribution in [3.8, 4) is 0 Å². The molecule has 1 unspecified atom stereocenters. The number of ether oxygens (including phenoxy) is 1. The standard InChI is InChI=1S/C18H21N4O8P/c23-12-6-15(30-14(12)8-29-31(26,27)28)22-10-19-16-17(22)20-9-21(18(16)25)7-13(24)11-4-2-1-3-5-11/h1-5,9-10,12-15,23-24H,6-8H2,(H2,26,27,28)/t12-,13?,14+,15+/m0/s1. The first-order chi connectivity index (χ1) is 14.7. The topological polar surface area (TPSA) is 169 Å². The van der Waals surface area contributed by atoms with Gasteiger partial charge in [0.2, 0.25) is 0 Å². The maximum Gasteiger partial charge on any atom is 0.469 e. The molecule has 3 aromatic rings. The van der Waals surface area contributed by atoms with Gasteiger partial charge >= 0.3 is 7.82 Å². The molecule has 1 fully saturated rings. The molecule has 4 rings (SSSR count). The van der Waals surface area contributed by atoms with E-state index < -0.39 is 44.5 Å². The van der Waals surface area contributed by atoms with E-state index in [0.717, 1.165) is 0 Å². The Bertz CT molecular complexity index is 1160. The van der Waals surface area contributed by atoms with Crippen LogP contribution < -0.4 is 5.56 Å². The predicted octanol–water partition coefficient (Wildman–Crippen LogP) is 0.0843. The summed E-state index contributed by atoms with van der Waals surface area (Å²) in [6.45, 7) is -0.495. The average molecular weight is 452 g/mol. The second-order valence-corrected chi connectivity index (χ2v) is 8.41. The van der Waals surface area contributed by atoms with E-state index in [0.29, 0.717) is 5.56 Å². The number of phosphoric ester groups is 1. The summed E-state index contributed by atoms with van der Waals surface area (Å²) in [6.07, 6.45) is -0.897. The number of aromatic nitrogens is 4. The maximum atomic E-state index is 12.8. The van der Waals surface area contributed by atoms with Gasteiger partial charge in [0.25, 0.3) is 5.56 Å². The molecule has 0 radical (unpaired) electrons. The Morgan fingerprint density at radius 3 is 2.68 bits per heavy atom. The van der Waals surface area contributed by atoms with Crippen molar-refractivity contribution in [2.24, 2.45) is 0 Å². The van der Waals surface area contributed by atoms with Crippen LogP contribution in [0, 0.1) is 0 Å². The third kappa shape index (κ3) is 4.75. The lowest BCUT2D eigenvalue weighted by atomic mass is 10.1. The normalized spacial score (nSPS) is 22.8. The molecule has 4 atom stereocenters. The lowest BCUT2D eigenvalue weighted by Gasteiger charge is -2.16. The first-order valence-corrected chi connectivity index (χ1v) is 10.9. The second kappa shape index (κ2) is 8.60. The predicted molar refractivity (Wildman–Crippen MR) is 106 cm³/mol. The van der Waals surface area contributed by atoms with Crippen LogP contribution in [0.15, 0.2) is 47.8 Å². The summed E-state index contributed by atoms with van der Waals surface area (Å²) in [6, 6.07) is 8.92. The van der Waals surface area contributed by atoms with Crippen molar-refractivity contribution >= 4 is 19.0 Å². The maximum absolute atomic E-state index is 12.8. The highest BCUT2D eigenvalue weighted by Gasteiger charge is 2.37. The van der Waals surface area contributed by atoms with Crippen molar-refractivity contribution < 1.29 is 33.8 Å². The van der Waals surface area contributed by atoms with Crippen LogP contribution >= 0.6 is 7.82 Å². The summed E-state index contributed by atoms with van der Waals surface area (Å²) >= 11 is 0. The van der Waals surface area contributed by atoms with Crippen LogP contribution in [0.1, 0.15) is 24.3 Å². The van der Waals surface area contributed by atoms with Gasteiger partial charge in [0, 0.05) is 6.42 Å². The zero-order valence-electron chi connectivity index (χ0n) is 16.1. The van der Waals surface area contributed by atoms with E-state index in [1.54, 1.807) is 24.3 Å². The molecule has 0 saturated carbocycles. The summed E-state index contributed by atoms with van der Waals surface area (Å²) in [5.41, 5.74) is 0.510. The summed E-state index contributed by atoms with van der Waals surface area (Å²) in [7, 11) is -4.70. The van der Waals surface area contributed by atoms with Crippen LogP contribution in [0.3, 0.4) is 0 Å². The summed E-state index contributed by atoms with van der Waals surface area (Å²) < 4.78 is 23.6. The number of imidazole rings is 1. The third-order valence-corrected chi connectivity index (χ3v) is 5.51. The van der Waals surface area contributed by atoms with Gasteiger partial charge in [-0.25, -0.2) is 14.5 Å². The first kappa shape index (κ1) is 21.8. The molecule has 13 heteroatoms. The van der Waals surface area contributed by atoms with Crippen molar-refractivity contribution in [2.45, 2.75) is 37.5 Å². The number of nitrogens with zero attached hydrogens (tertiary/aromatic N) is 4. The SMILES string of the molecule is O=c1c2ncn([C@H]3C[C@H](O)[C@@H](COP(=O)(O)O)O3)c2ncn1CC(O)c1ccccc1. The zero-order chi connectivity index (χ0) is 22.2. The monoisotopic (exact) mass is 452 g/mol. The highest BCUT2D eigenvalue weighted by atomic mass is 31.2. The van der Waals surface area contributed by atoms with Crippen LogP contribution in [0.4, 0.5) is 0 Å². The van der Waals surface area contributed by atoms with E-state index in [1.807, 2.05) is 6.07 Å². The fourth-order valence-corrected chi connectivity index (χ4v) is 3.80. The van der Waals surface area contributed by atoms with Crippen molar-refractivity contribution in [3.05, 3.63) is 58.9 Å². The first-order valence-electron chi connectivity index (χ1n) is 9.41. The second-order valence-electron chi connectivity index (χ2n) is 7.17. The van der Waals surface area contributed by atoms with Crippen molar-refractivity contribution in [1.29, 1.82) is 0 Å². The van der Waals surface area contributed by atoms with Crippen LogP contribution in [0.2, 0.25) is 0 Å². The Labute approximate surface area is 175 Å². The Morgan fingerprint density at radius 1 is 1.23 bits per heavy atom. The Balaban J connectivity index is 1.53. The lowest BCUT2D eigenvalue weighted by molar-refractivity contribution is -0.0424. The lowest BCUT2D eigenvalue weighted by Crippen LogP contribution is -2.26. The van der Waals surface area contributed by atoms with Gasteiger partial charge in [-0.2, -0.15) is 0 Å². The molecule has 0 amide bonds. The van der Waals surface area contributed by atoms with Gasteiger partial charge in [-0.3, -0.25) is 18.5 Å². The smallest absolute Gasteiger partial charge is 0.390 e. The summed E-state index contributed by atoms with van der Waals surface area (Å²) in [5, 5.41) is 20.5. The molecule has 1 aliphatic rings. The van der Waals surface area contributed by atoms with E-state index in [4.69, 9.17) is 14.5 Å².